The fraction of sp³-hybridized carbons (Fsp3) is 0.636. The molecule has 8 heteroatoms. The minimum absolute atomic E-state index is 0.0279. The van der Waals surface area contributed by atoms with Gasteiger partial charge in [-0.05, 0) is 37.0 Å². The van der Waals surface area contributed by atoms with Crippen molar-refractivity contribution in [2.75, 3.05) is 46.5 Å². The smallest absolute Gasteiger partial charge is 0.234 e. The topological polar surface area (TPSA) is 80.3 Å². The Morgan fingerprint density at radius 2 is 2.00 bits per heavy atom. The van der Waals surface area contributed by atoms with Crippen molar-refractivity contribution in [3.05, 3.63) is 29.8 Å². The molecule has 2 aliphatic heterocycles. The first-order valence-corrected chi connectivity index (χ1v) is 10.7. The van der Waals surface area contributed by atoms with E-state index in [1.54, 1.807) is 14.0 Å². The maximum absolute atomic E-state index is 12.6. The highest BCUT2D eigenvalue weighted by molar-refractivity contribution is 5.78. The molecular formula is C22H33N3O5. The molecule has 0 aliphatic carbocycles. The second-order valence-electron chi connectivity index (χ2n) is 7.84. The maximum atomic E-state index is 12.6. The quantitative estimate of drug-likeness (QED) is 0.686. The summed E-state index contributed by atoms with van der Waals surface area (Å²) in [6.07, 6.45) is 2.89. The van der Waals surface area contributed by atoms with Crippen LogP contribution in [0.25, 0.3) is 0 Å². The van der Waals surface area contributed by atoms with E-state index in [1.807, 2.05) is 29.2 Å². The monoisotopic (exact) mass is 419 g/mol. The number of hydrogen-bond acceptors (Lipinski definition) is 6. The van der Waals surface area contributed by atoms with Crippen molar-refractivity contribution in [2.45, 2.75) is 45.1 Å². The summed E-state index contributed by atoms with van der Waals surface area (Å²) in [4.78, 5) is 28.3. The molecule has 1 N–H and O–H groups in total. The largest absolute Gasteiger partial charge is 0.497 e. The minimum atomic E-state index is -0.183. The summed E-state index contributed by atoms with van der Waals surface area (Å²) < 4.78 is 16.8. The molecule has 2 fully saturated rings. The first kappa shape index (κ1) is 22.5. The van der Waals surface area contributed by atoms with Crippen LogP contribution in [0.15, 0.2) is 24.3 Å². The summed E-state index contributed by atoms with van der Waals surface area (Å²) in [5, 5.41) is 2.98. The Morgan fingerprint density at radius 1 is 1.20 bits per heavy atom. The van der Waals surface area contributed by atoms with Crippen molar-refractivity contribution < 1.29 is 23.8 Å². The Hall–Kier alpha value is -2.16. The predicted molar refractivity (Wildman–Crippen MR) is 112 cm³/mol. The number of hydrogen-bond donors (Lipinski definition) is 1. The molecule has 1 aromatic rings. The van der Waals surface area contributed by atoms with E-state index in [4.69, 9.17) is 14.2 Å². The number of methoxy groups -OCH3 is 1. The number of nitrogens with zero attached hydrogens (tertiary/aromatic N) is 2. The van der Waals surface area contributed by atoms with E-state index in [0.29, 0.717) is 32.8 Å². The van der Waals surface area contributed by atoms with Gasteiger partial charge in [-0.15, -0.1) is 0 Å². The van der Waals surface area contributed by atoms with Gasteiger partial charge in [-0.25, -0.2) is 0 Å². The molecule has 2 unspecified atom stereocenters. The summed E-state index contributed by atoms with van der Waals surface area (Å²) in [6, 6.07) is 7.60. The molecule has 2 heterocycles. The van der Waals surface area contributed by atoms with Gasteiger partial charge in [-0.2, -0.15) is 0 Å². The fourth-order valence-electron chi connectivity index (χ4n) is 3.79. The van der Waals surface area contributed by atoms with Gasteiger partial charge in [-0.3, -0.25) is 14.5 Å². The van der Waals surface area contributed by atoms with Crippen LogP contribution in [0.4, 0.5) is 0 Å². The second-order valence-corrected chi connectivity index (χ2v) is 7.84. The molecule has 0 saturated carbocycles. The number of ether oxygens (including phenoxy) is 3. The van der Waals surface area contributed by atoms with E-state index in [-0.39, 0.29) is 30.7 Å². The highest BCUT2D eigenvalue weighted by Crippen LogP contribution is 2.17. The zero-order valence-electron chi connectivity index (χ0n) is 18.0. The molecule has 2 saturated heterocycles. The van der Waals surface area contributed by atoms with Crippen LogP contribution in [0.5, 0.6) is 5.75 Å². The average Bonchev–Trinajstić information content (AvgIpc) is 2.78. The average molecular weight is 420 g/mol. The molecule has 3 rings (SSSR count). The number of piperazine rings is 1. The number of benzene rings is 1. The van der Waals surface area contributed by atoms with Gasteiger partial charge in [0.05, 0.1) is 26.3 Å². The van der Waals surface area contributed by atoms with Gasteiger partial charge in [0.1, 0.15) is 5.75 Å². The molecule has 0 spiro atoms. The Labute approximate surface area is 178 Å². The SMILES string of the molecule is COc1ccc(CNC(=O)CN2CCN(C(C)=O)CC2COC2CCCCO2)cc1. The van der Waals surface area contributed by atoms with E-state index in [9.17, 15) is 9.59 Å². The Kier molecular flexibility index (Phi) is 8.48. The van der Waals surface area contributed by atoms with Gasteiger partial charge in [0, 0.05) is 39.7 Å². The van der Waals surface area contributed by atoms with Crippen LogP contribution in [-0.4, -0.2) is 80.4 Å². The Bertz CT molecular complexity index is 691. The van der Waals surface area contributed by atoms with Crippen molar-refractivity contribution in [3.8, 4) is 5.75 Å². The fourth-order valence-corrected chi connectivity index (χ4v) is 3.79. The highest BCUT2D eigenvalue weighted by atomic mass is 16.7. The van der Waals surface area contributed by atoms with E-state index >= 15 is 0 Å². The van der Waals surface area contributed by atoms with Crippen LogP contribution in [-0.2, 0) is 25.6 Å². The summed E-state index contributed by atoms with van der Waals surface area (Å²) in [6.45, 7) is 5.33. The molecule has 2 atom stereocenters. The summed E-state index contributed by atoms with van der Waals surface area (Å²) in [7, 11) is 1.63. The lowest BCUT2D eigenvalue weighted by atomic mass is 10.1. The molecule has 8 nitrogen and oxygen atoms in total. The van der Waals surface area contributed by atoms with Crippen molar-refractivity contribution >= 4 is 11.8 Å². The van der Waals surface area contributed by atoms with Crippen molar-refractivity contribution in [3.63, 3.8) is 0 Å². The Morgan fingerprint density at radius 3 is 2.67 bits per heavy atom. The van der Waals surface area contributed by atoms with Crippen LogP contribution in [0.1, 0.15) is 31.7 Å². The summed E-state index contributed by atoms with van der Waals surface area (Å²) >= 11 is 0. The lowest BCUT2D eigenvalue weighted by Gasteiger charge is -2.41. The van der Waals surface area contributed by atoms with Crippen LogP contribution in [0.3, 0.4) is 0 Å². The molecule has 0 bridgehead atoms. The number of nitrogens with one attached hydrogen (secondary N) is 1. The highest BCUT2D eigenvalue weighted by Gasteiger charge is 2.30. The second kappa shape index (κ2) is 11.3. The van der Waals surface area contributed by atoms with Gasteiger partial charge >= 0.3 is 0 Å². The number of rotatable bonds is 8. The van der Waals surface area contributed by atoms with Gasteiger partial charge in [-0.1, -0.05) is 12.1 Å². The predicted octanol–water partition coefficient (Wildman–Crippen LogP) is 1.39. The molecule has 30 heavy (non-hydrogen) atoms. The number of carbonyl (C=O) groups excluding carboxylic acids is 2. The van der Waals surface area contributed by atoms with Gasteiger partial charge in [0.2, 0.25) is 11.8 Å². The van der Waals surface area contributed by atoms with Crippen LogP contribution in [0, 0.1) is 0 Å². The standard InChI is InChI=1S/C22H33N3O5/c1-17(26)24-10-11-25(19(14-24)16-30-22-5-3-4-12-29-22)15-21(27)23-13-18-6-8-20(28-2)9-7-18/h6-9,19,22H,3-5,10-16H2,1-2H3,(H,23,27). The molecule has 0 radical (unpaired) electrons. The summed E-state index contributed by atoms with van der Waals surface area (Å²) in [5.41, 5.74) is 1.01. The third-order valence-electron chi connectivity index (χ3n) is 5.66. The minimum Gasteiger partial charge on any atom is -0.497 e. The van der Waals surface area contributed by atoms with Gasteiger partial charge in [0.15, 0.2) is 6.29 Å². The van der Waals surface area contributed by atoms with Crippen LogP contribution >= 0.6 is 0 Å². The van der Waals surface area contributed by atoms with Gasteiger partial charge < -0.3 is 24.4 Å². The number of carbonyl (C=O) groups is 2. The maximum Gasteiger partial charge on any atom is 0.234 e. The van der Waals surface area contributed by atoms with Crippen LogP contribution < -0.4 is 10.1 Å². The normalized spacial score (nSPS) is 22.5. The number of amides is 2. The Balaban J connectivity index is 1.50. The van der Waals surface area contributed by atoms with E-state index in [0.717, 1.165) is 37.2 Å². The lowest BCUT2D eigenvalue weighted by molar-refractivity contribution is -0.174. The van der Waals surface area contributed by atoms with Gasteiger partial charge in [0.25, 0.3) is 0 Å². The van der Waals surface area contributed by atoms with E-state index < -0.39 is 0 Å². The zero-order chi connectivity index (χ0) is 21.3. The molecule has 2 aliphatic rings. The van der Waals surface area contributed by atoms with Crippen molar-refractivity contribution in [2.24, 2.45) is 0 Å². The van der Waals surface area contributed by atoms with E-state index in [2.05, 4.69) is 10.2 Å². The molecule has 1 aromatic carbocycles. The van der Waals surface area contributed by atoms with Crippen LogP contribution in [0.2, 0.25) is 0 Å². The third-order valence-corrected chi connectivity index (χ3v) is 5.66. The molecular weight excluding hydrogens is 386 g/mol. The first-order chi connectivity index (χ1) is 14.5. The molecule has 2 amide bonds. The lowest BCUT2D eigenvalue weighted by Crippen LogP contribution is -2.58. The third kappa shape index (κ3) is 6.68. The molecule has 166 valence electrons. The first-order valence-electron chi connectivity index (χ1n) is 10.7. The summed E-state index contributed by atoms with van der Waals surface area (Å²) in [5.74, 6) is 0.803. The zero-order valence-corrected chi connectivity index (χ0v) is 18.0. The van der Waals surface area contributed by atoms with Crippen molar-refractivity contribution in [1.82, 2.24) is 15.1 Å². The van der Waals surface area contributed by atoms with E-state index in [1.165, 1.54) is 0 Å². The molecule has 0 aromatic heterocycles. The van der Waals surface area contributed by atoms with Crippen molar-refractivity contribution in [1.29, 1.82) is 0 Å².